The highest BCUT2D eigenvalue weighted by Gasteiger charge is 2.11. The van der Waals surface area contributed by atoms with Crippen molar-refractivity contribution in [2.24, 2.45) is 0 Å². The molecule has 0 saturated heterocycles. The highest BCUT2D eigenvalue weighted by molar-refractivity contribution is 5.84. The lowest BCUT2D eigenvalue weighted by atomic mass is 10.0. The Morgan fingerprint density at radius 1 is 1.14 bits per heavy atom. The topological polar surface area (TPSA) is 57.5 Å². The van der Waals surface area contributed by atoms with Gasteiger partial charge in [0.1, 0.15) is 5.75 Å². The number of carbonyl (C=O) groups is 1. The first-order valence-corrected chi connectivity index (χ1v) is 9.29. The molecule has 5 nitrogen and oxygen atoms in total. The molecule has 0 aliphatic carbocycles. The molecule has 1 heterocycles. The van der Waals surface area contributed by atoms with E-state index in [2.05, 4.69) is 13.5 Å². The predicted molar refractivity (Wildman–Crippen MR) is 110 cm³/mol. The normalized spacial score (nSPS) is 10.6. The molecular weight excluding hydrogens is 354 g/mol. The Hall–Kier alpha value is -3.34. The molecule has 0 spiro atoms. The van der Waals surface area contributed by atoms with E-state index < -0.39 is 5.97 Å². The average molecular weight is 377 g/mol. The monoisotopic (exact) mass is 377 g/mol. The zero-order valence-corrected chi connectivity index (χ0v) is 15.9. The van der Waals surface area contributed by atoms with Gasteiger partial charge in [0.2, 0.25) is 6.79 Å². The first-order chi connectivity index (χ1) is 13.6. The first-order valence-electron chi connectivity index (χ1n) is 9.29. The highest BCUT2D eigenvalue weighted by Crippen LogP contribution is 2.23. The molecule has 0 amide bonds. The molecule has 2 aromatic carbocycles. The van der Waals surface area contributed by atoms with Crippen molar-refractivity contribution in [1.82, 2.24) is 4.57 Å². The molecule has 0 saturated carbocycles. The van der Waals surface area contributed by atoms with Crippen LogP contribution in [0.4, 0.5) is 0 Å². The number of hydrogen-bond acceptors (Lipinski definition) is 4. The van der Waals surface area contributed by atoms with Crippen molar-refractivity contribution < 1.29 is 14.3 Å². The Kier molecular flexibility index (Phi) is 6.27. The fraction of sp³-hybridized carbons (Fsp3) is 0.217. The third kappa shape index (κ3) is 4.31. The van der Waals surface area contributed by atoms with Gasteiger partial charge in [0.15, 0.2) is 0 Å². The van der Waals surface area contributed by atoms with E-state index >= 15 is 0 Å². The van der Waals surface area contributed by atoms with E-state index in [9.17, 15) is 9.59 Å². The number of esters is 1. The second-order valence-corrected chi connectivity index (χ2v) is 6.38. The van der Waals surface area contributed by atoms with Crippen LogP contribution in [-0.2, 0) is 16.1 Å². The Bertz CT molecular complexity index is 1030. The average Bonchev–Trinajstić information content (AvgIpc) is 2.73. The van der Waals surface area contributed by atoms with Crippen LogP contribution in [0.15, 0.2) is 72.0 Å². The quantitative estimate of drug-likeness (QED) is 0.329. The molecule has 0 aliphatic rings. The summed E-state index contributed by atoms with van der Waals surface area (Å²) in [6, 6.07) is 17.0. The lowest BCUT2D eigenvalue weighted by Gasteiger charge is -2.13. The first kappa shape index (κ1) is 19.4. The van der Waals surface area contributed by atoms with E-state index in [0.29, 0.717) is 17.9 Å². The molecule has 3 rings (SSSR count). The number of nitrogens with zero attached hydrogens (tertiary/aromatic N) is 1. The van der Waals surface area contributed by atoms with Crippen molar-refractivity contribution in [3.05, 3.63) is 77.6 Å². The molecule has 28 heavy (non-hydrogen) atoms. The highest BCUT2D eigenvalue weighted by atomic mass is 16.7. The van der Waals surface area contributed by atoms with Crippen LogP contribution in [0.3, 0.4) is 0 Å². The van der Waals surface area contributed by atoms with Crippen LogP contribution in [0.25, 0.3) is 22.0 Å². The van der Waals surface area contributed by atoms with Crippen molar-refractivity contribution in [1.29, 1.82) is 0 Å². The minimum atomic E-state index is -0.541. The second kappa shape index (κ2) is 9.04. The number of ether oxygens (including phenoxy) is 2. The zero-order chi connectivity index (χ0) is 19.9. The molecule has 0 unspecified atom stereocenters. The van der Waals surface area contributed by atoms with Crippen LogP contribution in [0, 0.1) is 0 Å². The van der Waals surface area contributed by atoms with Crippen molar-refractivity contribution in [2.75, 3.05) is 6.79 Å². The fourth-order valence-corrected chi connectivity index (χ4v) is 3.02. The van der Waals surface area contributed by atoms with Crippen molar-refractivity contribution in [2.45, 2.75) is 26.3 Å². The van der Waals surface area contributed by atoms with E-state index in [-0.39, 0.29) is 12.4 Å². The molecule has 0 aliphatic heterocycles. The summed E-state index contributed by atoms with van der Waals surface area (Å²) in [5.41, 5.74) is 2.42. The number of benzene rings is 2. The van der Waals surface area contributed by atoms with Gasteiger partial charge in [-0.2, -0.15) is 0 Å². The van der Waals surface area contributed by atoms with Crippen molar-refractivity contribution in [3.8, 4) is 16.9 Å². The summed E-state index contributed by atoms with van der Waals surface area (Å²) < 4.78 is 12.0. The smallest absolute Gasteiger partial charge is 0.333 e. The zero-order valence-electron chi connectivity index (χ0n) is 15.9. The summed E-state index contributed by atoms with van der Waals surface area (Å²) in [5, 5.41) is 1.03. The van der Waals surface area contributed by atoms with Gasteiger partial charge in [-0.05, 0) is 41.6 Å². The fourth-order valence-electron chi connectivity index (χ4n) is 3.02. The largest absolute Gasteiger partial charge is 0.457 e. The number of aromatic nitrogens is 1. The molecule has 0 radical (unpaired) electrons. The maximum Gasteiger partial charge on any atom is 0.333 e. The number of para-hydroxylation sites is 1. The number of rotatable bonds is 8. The molecule has 5 heteroatoms. The number of aryl methyl sites for hydroxylation is 1. The van der Waals surface area contributed by atoms with Gasteiger partial charge < -0.3 is 14.0 Å². The van der Waals surface area contributed by atoms with E-state index in [1.807, 2.05) is 47.0 Å². The van der Waals surface area contributed by atoms with Gasteiger partial charge in [-0.25, -0.2) is 4.79 Å². The van der Waals surface area contributed by atoms with Crippen LogP contribution in [0.2, 0.25) is 0 Å². The van der Waals surface area contributed by atoms with Gasteiger partial charge in [-0.15, -0.1) is 0 Å². The van der Waals surface area contributed by atoms with E-state index in [1.165, 1.54) is 0 Å². The van der Waals surface area contributed by atoms with Crippen LogP contribution in [0.1, 0.15) is 19.8 Å². The Labute approximate surface area is 163 Å². The van der Waals surface area contributed by atoms with Gasteiger partial charge in [0, 0.05) is 18.2 Å². The molecule has 0 fully saturated rings. The molecule has 1 aromatic heterocycles. The molecule has 0 bridgehead atoms. The summed E-state index contributed by atoms with van der Waals surface area (Å²) in [5.74, 6) is 0.00752. The SMILES string of the molecule is C=CC(=O)OCOc1ccc(-c2cc3ccccc3n(CCCC)c2=O)cc1. The lowest BCUT2D eigenvalue weighted by molar-refractivity contribution is -0.144. The Balaban J connectivity index is 1.90. The number of pyridine rings is 1. The van der Waals surface area contributed by atoms with Gasteiger partial charge in [-0.3, -0.25) is 4.79 Å². The Morgan fingerprint density at radius 3 is 2.61 bits per heavy atom. The maximum atomic E-state index is 13.1. The van der Waals surface area contributed by atoms with Gasteiger partial charge in [-0.1, -0.05) is 50.3 Å². The predicted octanol–water partition coefficient (Wildman–Crippen LogP) is 4.53. The summed E-state index contributed by atoms with van der Waals surface area (Å²) in [6.45, 7) is 5.94. The third-order valence-electron chi connectivity index (χ3n) is 4.50. The molecule has 0 atom stereocenters. The molecular formula is C23H23NO4. The lowest BCUT2D eigenvalue weighted by Crippen LogP contribution is -2.22. The molecule has 0 N–H and O–H groups in total. The van der Waals surface area contributed by atoms with E-state index in [1.54, 1.807) is 12.1 Å². The molecule has 144 valence electrons. The summed E-state index contributed by atoms with van der Waals surface area (Å²) in [4.78, 5) is 24.2. The standard InChI is InChI=1S/C23H23NO4/c1-3-5-14-24-21-9-7-6-8-18(21)15-20(23(24)26)17-10-12-19(13-11-17)27-16-28-22(25)4-2/h4,6-13,15H,2-3,5,14,16H2,1H3. The summed E-state index contributed by atoms with van der Waals surface area (Å²) in [7, 11) is 0. The van der Waals surface area contributed by atoms with Crippen LogP contribution >= 0.6 is 0 Å². The Morgan fingerprint density at radius 2 is 1.89 bits per heavy atom. The van der Waals surface area contributed by atoms with Crippen LogP contribution in [0.5, 0.6) is 5.75 Å². The van der Waals surface area contributed by atoms with Crippen LogP contribution < -0.4 is 10.3 Å². The van der Waals surface area contributed by atoms with Gasteiger partial charge in [0.25, 0.3) is 5.56 Å². The number of unbranched alkanes of at least 4 members (excludes halogenated alkanes) is 1. The van der Waals surface area contributed by atoms with E-state index in [0.717, 1.165) is 35.4 Å². The second-order valence-electron chi connectivity index (χ2n) is 6.38. The van der Waals surface area contributed by atoms with E-state index in [4.69, 9.17) is 9.47 Å². The number of fused-ring (bicyclic) bond motifs is 1. The van der Waals surface area contributed by atoms with Crippen molar-refractivity contribution in [3.63, 3.8) is 0 Å². The van der Waals surface area contributed by atoms with Gasteiger partial charge in [0.05, 0.1) is 5.52 Å². The summed E-state index contributed by atoms with van der Waals surface area (Å²) >= 11 is 0. The van der Waals surface area contributed by atoms with Crippen LogP contribution in [-0.4, -0.2) is 17.3 Å². The third-order valence-corrected chi connectivity index (χ3v) is 4.50. The number of carbonyl (C=O) groups excluding carboxylic acids is 1. The maximum absolute atomic E-state index is 13.1. The summed E-state index contributed by atoms with van der Waals surface area (Å²) in [6.07, 6.45) is 3.05. The van der Waals surface area contributed by atoms with Gasteiger partial charge >= 0.3 is 5.97 Å². The minimum Gasteiger partial charge on any atom is -0.457 e. The van der Waals surface area contributed by atoms with Crippen molar-refractivity contribution >= 4 is 16.9 Å². The molecule has 3 aromatic rings. The minimum absolute atomic E-state index is 0.000677. The number of hydrogen-bond donors (Lipinski definition) is 0.